The van der Waals surface area contributed by atoms with Gasteiger partial charge < -0.3 is 20.4 Å². The molecule has 2 amide bonds. The van der Waals surface area contributed by atoms with Crippen molar-refractivity contribution in [2.24, 2.45) is 0 Å². The molecule has 19 heavy (non-hydrogen) atoms. The molecule has 3 N–H and O–H groups in total. The summed E-state index contributed by atoms with van der Waals surface area (Å²) < 4.78 is 0. The van der Waals surface area contributed by atoms with E-state index >= 15 is 0 Å². The number of carboxylic acid groups (broad SMARTS) is 1. The third-order valence-corrected chi connectivity index (χ3v) is 2.85. The number of rotatable bonds is 4. The summed E-state index contributed by atoms with van der Waals surface area (Å²) in [5.74, 6) is -1.22. The van der Waals surface area contributed by atoms with Gasteiger partial charge >= 0.3 is 12.0 Å². The molecule has 104 valence electrons. The molecule has 1 rings (SSSR count). The minimum Gasteiger partial charge on any atom is -0.476 e. The van der Waals surface area contributed by atoms with Crippen molar-refractivity contribution in [1.29, 1.82) is 0 Å². The molecule has 0 saturated carbocycles. The summed E-state index contributed by atoms with van der Waals surface area (Å²) in [4.78, 5) is 27.9. The van der Waals surface area contributed by atoms with Crippen LogP contribution >= 0.6 is 0 Å². The highest BCUT2D eigenvalue weighted by Crippen LogP contribution is 2.16. The summed E-state index contributed by atoms with van der Waals surface area (Å²) in [5, 5.41) is 20.6. The van der Waals surface area contributed by atoms with Crippen LogP contribution in [0.3, 0.4) is 0 Å². The van der Waals surface area contributed by atoms with Crippen LogP contribution in [0.5, 0.6) is 0 Å². The first-order valence-corrected chi connectivity index (χ1v) is 5.63. The van der Waals surface area contributed by atoms with Crippen molar-refractivity contribution in [3.63, 3.8) is 0 Å². The molecule has 7 nitrogen and oxygen atoms in total. The molecule has 0 spiro atoms. The Kier molecular flexibility index (Phi) is 4.44. The minimum atomic E-state index is -1.22. The number of urea groups is 1. The number of aliphatic hydroxyl groups is 1. The number of amides is 2. The maximum atomic E-state index is 12.0. The van der Waals surface area contributed by atoms with Crippen LogP contribution in [-0.4, -0.2) is 51.3 Å². The number of aliphatic hydroxyl groups excluding tert-OH is 1. The number of nitrogens with zero attached hydrogens (tertiary/aromatic N) is 2. The van der Waals surface area contributed by atoms with Gasteiger partial charge in [0.05, 0.1) is 17.8 Å². The number of hydrogen-bond donors (Lipinski definition) is 3. The van der Waals surface area contributed by atoms with E-state index in [1.54, 1.807) is 13.8 Å². The first-order chi connectivity index (χ1) is 8.79. The van der Waals surface area contributed by atoms with Gasteiger partial charge in [-0.1, -0.05) is 0 Å². The molecular formula is C12H17N3O4. The molecule has 0 unspecified atom stereocenters. The van der Waals surface area contributed by atoms with Crippen LogP contribution in [-0.2, 0) is 0 Å². The lowest BCUT2D eigenvalue weighted by atomic mass is 10.1. The fraction of sp³-hybridized carbons (Fsp3) is 0.417. The van der Waals surface area contributed by atoms with Crippen LogP contribution in [0.15, 0.2) is 18.3 Å². The Bertz CT molecular complexity index is 488. The van der Waals surface area contributed by atoms with Crippen molar-refractivity contribution in [1.82, 2.24) is 9.88 Å². The molecule has 0 radical (unpaired) electrons. The zero-order chi connectivity index (χ0) is 14.6. The van der Waals surface area contributed by atoms with E-state index in [0.717, 1.165) is 0 Å². The Balaban J connectivity index is 2.92. The van der Waals surface area contributed by atoms with Crippen molar-refractivity contribution in [2.75, 3.05) is 19.0 Å². The number of carbonyl (C=O) groups is 2. The van der Waals surface area contributed by atoms with Gasteiger partial charge in [0.15, 0.2) is 5.69 Å². The number of aromatic nitrogens is 1. The fourth-order valence-electron chi connectivity index (χ4n) is 1.26. The highest BCUT2D eigenvalue weighted by atomic mass is 16.4. The quantitative estimate of drug-likeness (QED) is 0.755. The van der Waals surface area contributed by atoms with Crippen molar-refractivity contribution < 1.29 is 19.8 Å². The predicted molar refractivity (Wildman–Crippen MR) is 69.1 cm³/mol. The normalized spacial score (nSPS) is 10.9. The van der Waals surface area contributed by atoms with Gasteiger partial charge in [0.1, 0.15) is 0 Å². The maximum Gasteiger partial charge on any atom is 0.356 e. The molecule has 0 bridgehead atoms. The van der Waals surface area contributed by atoms with Gasteiger partial charge in [-0.2, -0.15) is 0 Å². The number of nitrogens with one attached hydrogen (secondary N) is 1. The van der Waals surface area contributed by atoms with Crippen LogP contribution in [0.1, 0.15) is 24.3 Å². The lowest BCUT2D eigenvalue weighted by Gasteiger charge is -2.33. The number of carboxylic acids is 1. The van der Waals surface area contributed by atoms with Crippen molar-refractivity contribution in [2.45, 2.75) is 19.4 Å². The number of aromatic carboxylic acids is 1. The monoisotopic (exact) mass is 267 g/mol. The first kappa shape index (κ1) is 14.9. The molecule has 1 aromatic rings. The molecular weight excluding hydrogens is 250 g/mol. The zero-order valence-electron chi connectivity index (χ0n) is 11.0. The summed E-state index contributed by atoms with van der Waals surface area (Å²) >= 11 is 0. The lowest BCUT2D eigenvalue weighted by Crippen LogP contribution is -2.49. The number of anilines is 1. The van der Waals surface area contributed by atoms with Gasteiger partial charge in [-0.3, -0.25) is 0 Å². The second-order valence-electron chi connectivity index (χ2n) is 4.66. The molecule has 0 aromatic carbocycles. The number of carbonyl (C=O) groups excluding carboxylic acids is 1. The maximum absolute atomic E-state index is 12.0. The topological polar surface area (TPSA) is 103 Å². The van der Waals surface area contributed by atoms with E-state index in [1.165, 1.54) is 30.3 Å². The third kappa shape index (κ3) is 3.41. The SMILES string of the molecule is CN(C(=O)Nc1cccnc1C(=O)O)C(C)(C)CO. The van der Waals surface area contributed by atoms with Crippen molar-refractivity contribution in [3.8, 4) is 0 Å². The Hall–Kier alpha value is -2.15. The highest BCUT2D eigenvalue weighted by molar-refractivity contribution is 5.98. The first-order valence-electron chi connectivity index (χ1n) is 5.63. The molecule has 0 saturated heterocycles. The Labute approximate surface area is 110 Å². The zero-order valence-corrected chi connectivity index (χ0v) is 11.0. The van der Waals surface area contributed by atoms with Gasteiger partial charge in [-0.15, -0.1) is 0 Å². The second-order valence-corrected chi connectivity index (χ2v) is 4.66. The van der Waals surface area contributed by atoms with Gasteiger partial charge in [-0.25, -0.2) is 14.6 Å². The number of hydrogen-bond acceptors (Lipinski definition) is 4. The summed E-state index contributed by atoms with van der Waals surface area (Å²) in [6, 6.07) is 2.46. The van der Waals surface area contributed by atoms with E-state index in [4.69, 9.17) is 5.11 Å². The van der Waals surface area contributed by atoms with Crippen LogP contribution in [0.25, 0.3) is 0 Å². The summed E-state index contributed by atoms with van der Waals surface area (Å²) in [7, 11) is 1.52. The standard InChI is InChI=1S/C12H17N3O4/c1-12(2,7-16)15(3)11(19)14-8-5-4-6-13-9(8)10(17)18/h4-6,16H,7H2,1-3H3,(H,14,19)(H,17,18). The van der Waals surface area contributed by atoms with Crippen LogP contribution in [0, 0.1) is 0 Å². The predicted octanol–water partition coefficient (Wildman–Crippen LogP) is 1.01. The lowest BCUT2D eigenvalue weighted by molar-refractivity contribution is 0.0691. The fourth-order valence-corrected chi connectivity index (χ4v) is 1.26. The summed E-state index contributed by atoms with van der Waals surface area (Å²) in [6.07, 6.45) is 1.33. The van der Waals surface area contributed by atoms with E-state index < -0.39 is 17.5 Å². The average Bonchev–Trinajstić information content (AvgIpc) is 2.38. The van der Waals surface area contributed by atoms with E-state index in [2.05, 4.69) is 10.3 Å². The Morgan fingerprint density at radius 3 is 2.63 bits per heavy atom. The van der Waals surface area contributed by atoms with Gasteiger partial charge in [0.2, 0.25) is 0 Å². The molecule has 0 fully saturated rings. The molecule has 0 aliphatic heterocycles. The van der Waals surface area contributed by atoms with Gasteiger partial charge in [0, 0.05) is 13.2 Å². The number of pyridine rings is 1. The van der Waals surface area contributed by atoms with Crippen LogP contribution < -0.4 is 5.32 Å². The van der Waals surface area contributed by atoms with Crippen LogP contribution in [0.4, 0.5) is 10.5 Å². The molecule has 0 aliphatic carbocycles. The van der Waals surface area contributed by atoms with Crippen molar-refractivity contribution >= 4 is 17.7 Å². The van der Waals surface area contributed by atoms with E-state index in [1.807, 2.05) is 0 Å². The molecule has 1 heterocycles. The van der Waals surface area contributed by atoms with E-state index in [9.17, 15) is 14.7 Å². The largest absolute Gasteiger partial charge is 0.476 e. The van der Waals surface area contributed by atoms with Gasteiger partial charge in [0.25, 0.3) is 0 Å². The van der Waals surface area contributed by atoms with E-state index in [0.29, 0.717) is 0 Å². The number of likely N-dealkylation sites (N-methyl/N-ethyl adjacent to an activating group) is 1. The molecule has 7 heteroatoms. The third-order valence-electron chi connectivity index (χ3n) is 2.85. The van der Waals surface area contributed by atoms with Crippen LogP contribution in [0.2, 0.25) is 0 Å². The summed E-state index contributed by atoms with van der Waals surface area (Å²) in [6.45, 7) is 3.16. The Morgan fingerprint density at radius 2 is 2.11 bits per heavy atom. The molecule has 1 aromatic heterocycles. The molecule has 0 atom stereocenters. The van der Waals surface area contributed by atoms with Gasteiger partial charge in [-0.05, 0) is 26.0 Å². The smallest absolute Gasteiger partial charge is 0.356 e. The second kappa shape index (κ2) is 5.66. The van der Waals surface area contributed by atoms with Crippen molar-refractivity contribution in [3.05, 3.63) is 24.0 Å². The highest BCUT2D eigenvalue weighted by Gasteiger charge is 2.27. The minimum absolute atomic E-state index is 0.112. The average molecular weight is 267 g/mol. The Morgan fingerprint density at radius 1 is 1.47 bits per heavy atom. The molecule has 0 aliphatic rings. The van der Waals surface area contributed by atoms with E-state index in [-0.39, 0.29) is 18.0 Å². The summed E-state index contributed by atoms with van der Waals surface area (Å²) in [5.41, 5.74) is -0.873.